The van der Waals surface area contributed by atoms with E-state index in [1.165, 1.54) is 0 Å². The molecule has 0 radical (unpaired) electrons. The average Bonchev–Trinajstić information content (AvgIpc) is 2.56. The Morgan fingerprint density at radius 2 is 2.50 bits per heavy atom. The quantitative estimate of drug-likeness (QED) is 0.834. The van der Waals surface area contributed by atoms with Crippen molar-refractivity contribution in [2.75, 3.05) is 11.9 Å². The molecular weight excluding hydrogens is 246 g/mol. The van der Waals surface area contributed by atoms with Crippen LogP contribution < -0.4 is 10.6 Å². The smallest absolute Gasteiger partial charge is 0.222 e. The van der Waals surface area contributed by atoms with Crippen LogP contribution in [0.25, 0.3) is 0 Å². The minimum atomic E-state index is 0.0922. The Morgan fingerprint density at radius 3 is 3.14 bits per heavy atom. The molecule has 0 aromatic carbocycles. The fourth-order valence-corrected chi connectivity index (χ4v) is 1.76. The maximum atomic E-state index is 10.9. The highest BCUT2D eigenvalue weighted by atomic mass is 79.9. The Labute approximate surface area is 90.2 Å². The molecule has 1 aromatic rings. The van der Waals surface area contributed by atoms with Crippen LogP contribution in [0.15, 0.2) is 22.8 Å². The third kappa shape index (κ3) is 2.04. The molecule has 1 aromatic heterocycles. The number of hydrogen-bond acceptors (Lipinski definition) is 3. The van der Waals surface area contributed by atoms with Crippen LogP contribution >= 0.6 is 15.9 Å². The number of nitrogens with one attached hydrogen (secondary N) is 2. The fourth-order valence-electron chi connectivity index (χ4n) is 1.39. The molecule has 0 spiro atoms. The minimum absolute atomic E-state index is 0.0922. The molecule has 1 aliphatic rings. The summed E-state index contributed by atoms with van der Waals surface area (Å²) in [4.78, 5) is 15.1. The van der Waals surface area contributed by atoms with Crippen LogP contribution in [0.3, 0.4) is 0 Å². The van der Waals surface area contributed by atoms with Crippen molar-refractivity contribution >= 4 is 27.7 Å². The summed E-state index contributed by atoms with van der Waals surface area (Å²) in [7, 11) is 0. The maximum Gasteiger partial charge on any atom is 0.222 e. The Balaban J connectivity index is 2.04. The molecule has 14 heavy (non-hydrogen) atoms. The number of anilines is 1. The molecule has 0 aliphatic carbocycles. The Kier molecular flexibility index (Phi) is 2.67. The lowest BCUT2D eigenvalue weighted by Crippen LogP contribution is -2.23. The standard InChI is InChI=1S/C9H10BrN3O/c10-7-2-1-3-11-9(7)13-6-4-8(14)12-5-6/h1-3,6H,4-5H2,(H,11,13)(H,12,14). The predicted octanol–water partition coefficient (Wildman–Crippen LogP) is 1.14. The first-order valence-corrected chi connectivity index (χ1v) is 5.19. The largest absolute Gasteiger partial charge is 0.364 e. The summed E-state index contributed by atoms with van der Waals surface area (Å²) < 4.78 is 0.916. The van der Waals surface area contributed by atoms with Gasteiger partial charge in [-0.1, -0.05) is 0 Å². The number of amides is 1. The molecular formula is C9H10BrN3O. The van der Waals surface area contributed by atoms with Crippen LogP contribution in [0.5, 0.6) is 0 Å². The molecule has 2 rings (SSSR count). The molecule has 74 valence electrons. The number of halogens is 1. The van der Waals surface area contributed by atoms with Gasteiger partial charge in [-0.05, 0) is 28.1 Å². The first-order chi connectivity index (χ1) is 6.75. The van der Waals surface area contributed by atoms with Crippen molar-refractivity contribution in [2.45, 2.75) is 12.5 Å². The number of carbonyl (C=O) groups excluding carboxylic acids is 1. The van der Waals surface area contributed by atoms with Crippen LogP contribution in [0.2, 0.25) is 0 Å². The zero-order valence-corrected chi connectivity index (χ0v) is 9.04. The third-order valence-corrected chi connectivity index (χ3v) is 2.72. The lowest BCUT2D eigenvalue weighted by atomic mass is 10.2. The van der Waals surface area contributed by atoms with E-state index in [9.17, 15) is 4.79 Å². The van der Waals surface area contributed by atoms with E-state index in [1.54, 1.807) is 6.20 Å². The van der Waals surface area contributed by atoms with E-state index in [0.29, 0.717) is 13.0 Å². The van der Waals surface area contributed by atoms with Gasteiger partial charge in [0.2, 0.25) is 5.91 Å². The number of hydrogen-bond donors (Lipinski definition) is 2. The van der Waals surface area contributed by atoms with Gasteiger partial charge in [-0.25, -0.2) is 4.98 Å². The summed E-state index contributed by atoms with van der Waals surface area (Å²) in [6, 6.07) is 3.92. The van der Waals surface area contributed by atoms with Gasteiger partial charge in [-0.2, -0.15) is 0 Å². The molecule has 1 saturated heterocycles. The summed E-state index contributed by atoms with van der Waals surface area (Å²) in [6.45, 7) is 0.668. The van der Waals surface area contributed by atoms with Crippen molar-refractivity contribution in [3.8, 4) is 0 Å². The molecule has 2 heterocycles. The van der Waals surface area contributed by atoms with Crippen LogP contribution in [-0.4, -0.2) is 23.5 Å². The molecule has 2 N–H and O–H groups in total. The van der Waals surface area contributed by atoms with Crippen LogP contribution in [0, 0.1) is 0 Å². The second-order valence-corrected chi connectivity index (χ2v) is 4.04. The zero-order chi connectivity index (χ0) is 9.97. The SMILES string of the molecule is O=C1CC(Nc2ncccc2Br)CN1. The summed E-state index contributed by atoms with van der Waals surface area (Å²) in [6.07, 6.45) is 2.24. The Hall–Kier alpha value is -1.10. The van der Waals surface area contributed by atoms with Gasteiger partial charge < -0.3 is 10.6 Å². The Bertz CT molecular complexity index is 356. The summed E-state index contributed by atoms with van der Waals surface area (Å²) in [5.74, 6) is 0.878. The highest BCUT2D eigenvalue weighted by Crippen LogP contribution is 2.20. The lowest BCUT2D eigenvalue weighted by molar-refractivity contribution is -0.119. The van der Waals surface area contributed by atoms with Gasteiger partial charge in [0, 0.05) is 19.2 Å². The lowest BCUT2D eigenvalue weighted by Gasteiger charge is -2.11. The summed E-state index contributed by atoms with van der Waals surface area (Å²) in [5, 5.41) is 5.96. The molecule has 4 nitrogen and oxygen atoms in total. The minimum Gasteiger partial charge on any atom is -0.364 e. The van der Waals surface area contributed by atoms with Crippen molar-refractivity contribution in [3.05, 3.63) is 22.8 Å². The first-order valence-electron chi connectivity index (χ1n) is 4.39. The van der Waals surface area contributed by atoms with E-state index in [2.05, 4.69) is 31.5 Å². The zero-order valence-electron chi connectivity index (χ0n) is 7.46. The van der Waals surface area contributed by atoms with Gasteiger partial charge >= 0.3 is 0 Å². The number of aromatic nitrogens is 1. The number of rotatable bonds is 2. The number of nitrogens with zero attached hydrogens (tertiary/aromatic N) is 1. The van der Waals surface area contributed by atoms with Gasteiger partial charge in [0.25, 0.3) is 0 Å². The van der Waals surface area contributed by atoms with Crippen molar-refractivity contribution in [3.63, 3.8) is 0 Å². The molecule has 1 atom stereocenters. The van der Waals surface area contributed by atoms with E-state index >= 15 is 0 Å². The van der Waals surface area contributed by atoms with Crippen molar-refractivity contribution in [1.82, 2.24) is 10.3 Å². The summed E-state index contributed by atoms with van der Waals surface area (Å²) >= 11 is 3.39. The van der Waals surface area contributed by atoms with Crippen molar-refractivity contribution in [1.29, 1.82) is 0 Å². The van der Waals surface area contributed by atoms with Crippen LogP contribution in [-0.2, 0) is 4.79 Å². The predicted molar refractivity (Wildman–Crippen MR) is 57.0 cm³/mol. The second-order valence-electron chi connectivity index (χ2n) is 3.18. The molecule has 1 unspecified atom stereocenters. The Morgan fingerprint density at radius 1 is 1.64 bits per heavy atom. The van der Waals surface area contributed by atoms with Crippen LogP contribution in [0.4, 0.5) is 5.82 Å². The number of pyridine rings is 1. The van der Waals surface area contributed by atoms with Gasteiger partial charge in [0.15, 0.2) is 0 Å². The third-order valence-electron chi connectivity index (χ3n) is 2.08. The topological polar surface area (TPSA) is 54.0 Å². The monoisotopic (exact) mass is 255 g/mol. The van der Waals surface area contributed by atoms with Gasteiger partial charge in [-0.3, -0.25) is 4.79 Å². The first kappa shape index (κ1) is 9.45. The normalized spacial score (nSPS) is 20.6. The maximum absolute atomic E-state index is 10.9. The molecule has 1 aliphatic heterocycles. The molecule has 0 saturated carbocycles. The van der Waals surface area contributed by atoms with E-state index in [1.807, 2.05) is 12.1 Å². The molecule has 0 bridgehead atoms. The van der Waals surface area contributed by atoms with Crippen molar-refractivity contribution < 1.29 is 4.79 Å². The molecule has 1 fully saturated rings. The van der Waals surface area contributed by atoms with Crippen LogP contribution in [0.1, 0.15) is 6.42 Å². The van der Waals surface area contributed by atoms with E-state index in [-0.39, 0.29) is 11.9 Å². The average molecular weight is 256 g/mol. The van der Waals surface area contributed by atoms with Gasteiger partial charge in [0.1, 0.15) is 5.82 Å². The molecule has 5 heteroatoms. The van der Waals surface area contributed by atoms with E-state index in [0.717, 1.165) is 10.3 Å². The van der Waals surface area contributed by atoms with Gasteiger partial charge in [-0.15, -0.1) is 0 Å². The highest BCUT2D eigenvalue weighted by molar-refractivity contribution is 9.10. The second kappa shape index (κ2) is 3.96. The molecule has 1 amide bonds. The fraction of sp³-hybridized carbons (Fsp3) is 0.333. The highest BCUT2D eigenvalue weighted by Gasteiger charge is 2.21. The van der Waals surface area contributed by atoms with Gasteiger partial charge in [0.05, 0.1) is 10.5 Å². The van der Waals surface area contributed by atoms with E-state index < -0.39 is 0 Å². The number of carbonyl (C=O) groups is 1. The van der Waals surface area contributed by atoms with E-state index in [4.69, 9.17) is 0 Å². The van der Waals surface area contributed by atoms with Crippen molar-refractivity contribution in [2.24, 2.45) is 0 Å². The summed E-state index contributed by atoms with van der Waals surface area (Å²) in [5.41, 5.74) is 0.